The molecule has 1 aromatic carbocycles. The van der Waals surface area contributed by atoms with Crippen LogP contribution in [-0.4, -0.2) is 44.2 Å². The lowest BCUT2D eigenvalue weighted by atomic mass is 9.94. The van der Waals surface area contributed by atoms with Crippen LogP contribution in [0, 0.1) is 6.92 Å². The van der Waals surface area contributed by atoms with Crippen LogP contribution in [0.4, 0.5) is 0 Å². The number of carbonyl (C=O) groups excluding carboxylic acids is 1. The SMILES string of the molecule is COCCNCC(=O)N1CCCCC1c1ccc(C)cc1.Cl. The molecule has 1 aliphatic rings. The number of halogens is 1. The molecule has 0 saturated carbocycles. The van der Waals surface area contributed by atoms with Crippen molar-refractivity contribution in [2.24, 2.45) is 0 Å². The molecule has 0 bridgehead atoms. The van der Waals surface area contributed by atoms with Gasteiger partial charge in [-0.1, -0.05) is 29.8 Å². The summed E-state index contributed by atoms with van der Waals surface area (Å²) in [4.78, 5) is 14.5. The Morgan fingerprint density at radius 3 is 2.73 bits per heavy atom. The quantitative estimate of drug-likeness (QED) is 0.817. The first-order valence-corrected chi connectivity index (χ1v) is 7.78. The molecule has 0 radical (unpaired) electrons. The Kier molecular flexibility index (Phi) is 8.46. The molecular formula is C17H27ClN2O2. The van der Waals surface area contributed by atoms with E-state index in [1.54, 1.807) is 7.11 Å². The van der Waals surface area contributed by atoms with E-state index in [1.807, 2.05) is 4.90 Å². The molecule has 0 spiro atoms. The summed E-state index contributed by atoms with van der Waals surface area (Å²) in [5.74, 6) is 0.191. The molecule has 1 saturated heterocycles. The molecule has 4 nitrogen and oxygen atoms in total. The molecular weight excluding hydrogens is 300 g/mol. The van der Waals surface area contributed by atoms with Crippen LogP contribution >= 0.6 is 12.4 Å². The van der Waals surface area contributed by atoms with Gasteiger partial charge in [0.1, 0.15) is 0 Å². The van der Waals surface area contributed by atoms with Gasteiger partial charge < -0.3 is 15.0 Å². The Bertz CT molecular complexity index is 450. The highest BCUT2D eigenvalue weighted by Crippen LogP contribution is 2.30. The minimum Gasteiger partial charge on any atom is -0.383 e. The van der Waals surface area contributed by atoms with Crippen molar-refractivity contribution < 1.29 is 9.53 Å². The lowest BCUT2D eigenvalue weighted by molar-refractivity contribution is -0.134. The second-order valence-electron chi connectivity index (χ2n) is 5.68. The Hall–Kier alpha value is -1.10. The topological polar surface area (TPSA) is 41.6 Å². The smallest absolute Gasteiger partial charge is 0.237 e. The van der Waals surface area contributed by atoms with E-state index in [0.29, 0.717) is 19.7 Å². The van der Waals surface area contributed by atoms with E-state index in [0.717, 1.165) is 19.4 Å². The Morgan fingerprint density at radius 2 is 2.05 bits per heavy atom. The third-order valence-corrected chi connectivity index (χ3v) is 4.04. The number of nitrogens with one attached hydrogen (secondary N) is 1. The zero-order valence-electron chi connectivity index (χ0n) is 13.5. The van der Waals surface area contributed by atoms with Gasteiger partial charge in [-0.15, -0.1) is 12.4 Å². The number of ether oxygens (including phenoxy) is 1. The minimum absolute atomic E-state index is 0. The predicted octanol–water partition coefficient (Wildman–Crippen LogP) is 2.71. The second-order valence-corrected chi connectivity index (χ2v) is 5.68. The first-order valence-electron chi connectivity index (χ1n) is 7.78. The molecule has 22 heavy (non-hydrogen) atoms. The van der Waals surface area contributed by atoms with E-state index >= 15 is 0 Å². The standard InChI is InChI=1S/C17H26N2O2.ClH/c1-14-6-8-15(9-7-14)16-5-3-4-11-19(16)17(20)13-18-10-12-21-2;/h6-9,16,18H,3-5,10-13H2,1-2H3;1H. The zero-order valence-corrected chi connectivity index (χ0v) is 14.3. The van der Waals surface area contributed by atoms with Gasteiger partial charge in [0, 0.05) is 20.2 Å². The third-order valence-electron chi connectivity index (χ3n) is 4.04. The van der Waals surface area contributed by atoms with Crippen molar-refractivity contribution in [2.75, 3.05) is 33.4 Å². The van der Waals surface area contributed by atoms with Crippen molar-refractivity contribution in [3.8, 4) is 0 Å². The normalized spacial score (nSPS) is 17.9. The molecule has 0 aromatic heterocycles. The van der Waals surface area contributed by atoms with Crippen LogP contribution in [0.1, 0.15) is 36.4 Å². The zero-order chi connectivity index (χ0) is 15.1. The summed E-state index contributed by atoms with van der Waals surface area (Å²) in [7, 11) is 1.67. The molecule has 1 unspecified atom stereocenters. The molecule has 1 N–H and O–H groups in total. The monoisotopic (exact) mass is 326 g/mol. The van der Waals surface area contributed by atoms with Gasteiger partial charge in [-0.05, 0) is 31.7 Å². The number of carbonyl (C=O) groups is 1. The van der Waals surface area contributed by atoms with Gasteiger partial charge >= 0.3 is 0 Å². The van der Waals surface area contributed by atoms with Crippen LogP contribution in [-0.2, 0) is 9.53 Å². The molecule has 1 heterocycles. The number of piperidine rings is 1. The predicted molar refractivity (Wildman–Crippen MR) is 91.5 cm³/mol. The lowest BCUT2D eigenvalue weighted by Gasteiger charge is -2.36. The summed E-state index contributed by atoms with van der Waals surface area (Å²) < 4.78 is 4.98. The number of likely N-dealkylation sites (tertiary alicyclic amines) is 1. The van der Waals surface area contributed by atoms with Crippen LogP contribution in [0.5, 0.6) is 0 Å². The number of amides is 1. The van der Waals surface area contributed by atoms with Gasteiger partial charge in [0.15, 0.2) is 0 Å². The Labute approximate surface area is 139 Å². The average Bonchev–Trinajstić information content (AvgIpc) is 2.52. The van der Waals surface area contributed by atoms with Crippen molar-refractivity contribution in [3.63, 3.8) is 0 Å². The lowest BCUT2D eigenvalue weighted by Crippen LogP contribution is -2.43. The van der Waals surface area contributed by atoms with Crippen molar-refractivity contribution in [3.05, 3.63) is 35.4 Å². The van der Waals surface area contributed by atoms with Crippen molar-refractivity contribution in [2.45, 2.75) is 32.2 Å². The van der Waals surface area contributed by atoms with Gasteiger partial charge in [0.25, 0.3) is 0 Å². The van der Waals surface area contributed by atoms with Crippen molar-refractivity contribution in [1.29, 1.82) is 0 Å². The average molecular weight is 327 g/mol. The maximum Gasteiger partial charge on any atom is 0.237 e. The molecule has 0 aliphatic carbocycles. The summed E-state index contributed by atoms with van der Waals surface area (Å²) in [5, 5.41) is 3.15. The van der Waals surface area contributed by atoms with E-state index in [-0.39, 0.29) is 24.4 Å². The minimum atomic E-state index is 0. The van der Waals surface area contributed by atoms with Crippen LogP contribution in [0.2, 0.25) is 0 Å². The number of benzene rings is 1. The van der Waals surface area contributed by atoms with Crippen LogP contribution in [0.25, 0.3) is 0 Å². The fraction of sp³-hybridized carbons (Fsp3) is 0.588. The highest BCUT2D eigenvalue weighted by molar-refractivity contribution is 5.85. The summed E-state index contributed by atoms with van der Waals surface area (Å²) >= 11 is 0. The number of aryl methyl sites for hydroxylation is 1. The molecule has 1 amide bonds. The highest BCUT2D eigenvalue weighted by atomic mass is 35.5. The van der Waals surface area contributed by atoms with Gasteiger partial charge in [0.2, 0.25) is 5.91 Å². The summed E-state index contributed by atoms with van der Waals surface area (Å²) in [6, 6.07) is 8.80. The van der Waals surface area contributed by atoms with Crippen molar-refractivity contribution in [1.82, 2.24) is 10.2 Å². The first kappa shape index (κ1) is 18.9. The molecule has 5 heteroatoms. The van der Waals surface area contributed by atoms with E-state index in [4.69, 9.17) is 4.74 Å². The van der Waals surface area contributed by atoms with Gasteiger partial charge in [0.05, 0.1) is 19.2 Å². The Balaban J connectivity index is 0.00000242. The second kappa shape index (κ2) is 9.82. The molecule has 2 rings (SSSR count). The number of rotatable bonds is 6. The van der Waals surface area contributed by atoms with Gasteiger partial charge in [-0.3, -0.25) is 4.79 Å². The molecule has 1 atom stereocenters. The number of methoxy groups -OCH3 is 1. The maximum atomic E-state index is 12.4. The van der Waals surface area contributed by atoms with Gasteiger partial charge in [-0.2, -0.15) is 0 Å². The molecule has 124 valence electrons. The van der Waals surface area contributed by atoms with Crippen LogP contribution < -0.4 is 5.32 Å². The molecule has 1 fully saturated rings. The highest BCUT2D eigenvalue weighted by Gasteiger charge is 2.27. The van der Waals surface area contributed by atoms with Gasteiger partial charge in [-0.25, -0.2) is 0 Å². The molecule has 1 aliphatic heterocycles. The van der Waals surface area contributed by atoms with E-state index in [1.165, 1.54) is 17.5 Å². The van der Waals surface area contributed by atoms with E-state index in [2.05, 4.69) is 36.5 Å². The van der Waals surface area contributed by atoms with Crippen LogP contribution in [0.3, 0.4) is 0 Å². The largest absolute Gasteiger partial charge is 0.383 e. The number of nitrogens with zero attached hydrogens (tertiary/aromatic N) is 1. The fourth-order valence-corrected chi connectivity index (χ4v) is 2.84. The third kappa shape index (κ3) is 5.27. The van der Waals surface area contributed by atoms with E-state index in [9.17, 15) is 4.79 Å². The summed E-state index contributed by atoms with van der Waals surface area (Å²) in [5.41, 5.74) is 2.51. The summed E-state index contributed by atoms with van der Waals surface area (Å²) in [6.45, 7) is 4.70. The van der Waals surface area contributed by atoms with Crippen molar-refractivity contribution >= 4 is 18.3 Å². The molecule has 1 aromatic rings. The van der Waals surface area contributed by atoms with Crippen LogP contribution in [0.15, 0.2) is 24.3 Å². The number of hydrogen-bond acceptors (Lipinski definition) is 3. The number of hydrogen-bond donors (Lipinski definition) is 1. The fourth-order valence-electron chi connectivity index (χ4n) is 2.84. The summed E-state index contributed by atoms with van der Waals surface area (Å²) in [6.07, 6.45) is 3.36. The first-order chi connectivity index (χ1) is 10.2. The van der Waals surface area contributed by atoms with E-state index < -0.39 is 0 Å². The Morgan fingerprint density at radius 1 is 1.32 bits per heavy atom. The maximum absolute atomic E-state index is 12.4.